The molecule has 0 saturated carbocycles. The van der Waals surface area contributed by atoms with Crippen LogP contribution in [-0.2, 0) is 4.79 Å². The summed E-state index contributed by atoms with van der Waals surface area (Å²) in [6.45, 7) is 3.68. The second kappa shape index (κ2) is 5.75. The highest BCUT2D eigenvalue weighted by molar-refractivity contribution is 5.82. The topological polar surface area (TPSA) is 70.9 Å². The second-order valence-corrected chi connectivity index (χ2v) is 3.09. The minimum Gasteiger partial charge on any atom is -0.504 e. The van der Waals surface area contributed by atoms with Crippen LogP contribution in [0.5, 0.6) is 11.5 Å². The van der Waals surface area contributed by atoms with Crippen molar-refractivity contribution >= 4 is 12.1 Å². The highest BCUT2D eigenvalue weighted by Crippen LogP contribution is 2.25. The minimum atomic E-state index is -0.236. The lowest BCUT2D eigenvalue weighted by molar-refractivity contribution is -0.118. The molecular formula is C11H14N2O3. The molecule has 1 amide bonds. The Kier molecular flexibility index (Phi) is 4.32. The molecule has 0 spiro atoms. The van der Waals surface area contributed by atoms with Crippen LogP contribution in [-0.4, -0.2) is 23.8 Å². The van der Waals surface area contributed by atoms with Gasteiger partial charge in [-0.3, -0.25) is 4.79 Å². The van der Waals surface area contributed by atoms with Crippen LogP contribution in [0.2, 0.25) is 0 Å². The van der Waals surface area contributed by atoms with E-state index in [1.165, 1.54) is 19.2 Å². The van der Waals surface area contributed by atoms with Crippen LogP contribution < -0.4 is 10.2 Å². The van der Waals surface area contributed by atoms with Crippen molar-refractivity contribution < 1.29 is 14.6 Å². The third kappa shape index (κ3) is 3.61. The number of benzene rings is 1. The quantitative estimate of drug-likeness (QED) is 0.595. The Bertz CT molecular complexity index is 402. The standard InChI is InChI=1S/C11H14N2O3/c1-3-16-11-6-9(4-5-10(11)15)7-12-13-8(2)14/h4-7,15H,3H2,1-2H3,(H,13,14)/b12-7-. The summed E-state index contributed by atoms with van der Waals surface area (Å²) in [7, 11) is 0. The first-order valence-electron chi connectivity index (χ1n) is 4.89. The highest BCUT2D eigenvalue weighted by atomic mass is 16.5. The summed E-state index contributed by atoms with van der Waals surface area (Å²) in [5.74, 6) is 0.243. The number of carbonyl (C=O) groups is 1. The molecule has 0 radical (unpaired) electrons. The van der Waals surface area contributed by atoms with Crippen LogP contribution in [0.1, 0.15) is 19.4 Å². The van der Waals surface area contributed by atoms with Gasteiger partial charge in [0.2, 0.25) is 5.91 Å². The zero-order chi connectivity index (χ0) is 12.0. The van der Waals surface area contributed by atoms with Crippen molar-refractivity contribution in [2.75, 3.05) is 6.61 Å². The Balaban J connectivity index is 2.77. The lowest BCUT2D eigenvalue weighted by Crippen LogP contribution is -2.12. The van der Waals surface area contributed by atoms with Gasteiger partial charge in [0, 0.05) is 6.92 Å². The molecule has 5 nitrogen and oxygen atoms in total. The van der Waals surface area contributed by atoms with Crippen molar-refractivity contribution in [2.24, 2.45) is 5.10 Å². The fraction of sp³-hybridized carbons (Fsp3) is 0.273. The number of hydrazone groups is 1. The van der Waals surface area contributed by atoms with Gasteiger partial charge in [0.1, 0.15) is 0 Å². The molecule has 0 aliphatic rings. The first-order valence-corrected chi connectivity index (χ1v) is 4.89. The Hall–Kier alpha value is -2.04. The van der Waals surface area contributed by atoms with Gasteiger partial charge in [-0.25, -0.2) is 5.43 Å². The van der Waals surface area contributed by atoms with Crippen LogP contribution in [0.4, 0.5) is 0 Å². The molecule has 0 heterocycles. The fourth-order valence-electron chi connectivity index (χ4n) is 1.08. The van der Waals surface area contributed by atoms with Crippen molar-refractivity contribution in [3.8, 4) is 11.5 Å². The third-order valence-electron chi connectivity index (χ3n) is 1.72. The molecule has 86 valence electrons. The molecule has 0 atom stereocenters. The molecule has 0 unspecified atom stereocenters. The molecule has 0 aromatic heterocycles. The number of phenolic OH excluding ortho intramolecular Hbond substituents is 1. The Morgan fingerprint density at radius 3 is 3.00 bits per heavy atom. The number of phenols is 1. The molecule has 16 heavy (non-hydrogen) atoms. The van der Waals surface area contributed by atoms with Gasteiger partial charge < -0.3 is 9.84 Å². The van der Waals surface area contributed by atoms with Crippen LogP contribution in [0.15, 0.2) is 23.3 Å². The summed E-state index contributed by atoms with van der Waals surface area (Å²) in [5, 5.41) is 13.2. The molecule has 0 aliphatic heterocycles. The van der Waals surface area contributed by atoms with E-state index in [9.17, 15) is 9.90 Å². The number of hydrogen-bond acceptors (Lipinski definition) is 4. The number of aromatic hydroxyl groups is 1. The SMILES string of the molecule is CCOc1cc(/C=N\NC(C)=O)ccc1O. The number of nitrogens with one attached hydrogen (secondary N) is 1. The van der Waals surface area contributed by atoms with Gasteiger partial charge in [-0.15, -0.1) is 0 Å². The van der Waals surface area contributed by atoms with Crippen LogP contribution >= 0.6 is 0 Å². The second-order valence-electron chi connectivity index (χ2n) is 3.09. The maximum Gasteiger partial charge on any atom is 0.236 e. The Morgan fingerprint density at radius 2 is 2.38 bits per heavy atom. The van der Waals surface area contributed by atoms with Crippen molar-refractivity contribution in [1.29, 1.82) is 0 Å². The lowest BCUT2D eigenvalue weighted by Gasteiger charge is -2.05. The largest absolute Gasteiger partial charge is 0.504 e. The number of carbonyl (C=O) groups excluding carboxylic acids is 1. The number of nitrogens with zero attached hydrogens (tertiary/aromatic N) is 1. The van der Waals surface area contributed by atoms with E-state index in [0.29, 0.717) is 12.4 Å². The molecule has 0 bridgehead atoms. The molecule has 2 N–H and O–H groups in total. The van der Waals surface area contributed by atoms with Gasteiger partial charge in [-0.2, -0.15) is 5.10 Å². The zero-order valence-electron chi connectivity index (χ0n) is 9.23. The van der Waals surface area contributed by atoms with Crippen molar-refractivity contribution in [3.05, 3.63) is 23.8 Å². The number of ether oxygens (including phenoxy) is 1. The van der Waals surface area contributed by atoms with Crippen molar-refractivity contribution in [2.45, 2.75) is 13.8 Å². The summed E-state index contributed by atoms with van der Waals surface area (Å²) >= 11 is 0. The lowest BCUT2D eigenvalue weighted by atomic mass is 10.2. The van der Waals surface area contributed by atoms with Gasteiger partial charge in [0.05, 0.1) is 12.8 Å². The van der Waals surface area contributed by atoms with Gasteiger partial charge in [-0.05, 0) is 30.7 Å². The van der Waals surface area contributed by atoms with E-state index < -0.39 is 0 Å². The van der Waals surface area contributed by atoms with Gasteiger partial charge in [0.25, 0.3) is 0 Å². The summed E-state index contributed by atoms with van der Waals surface area (Å²) in [4.78, 5) is 10.6. The summed E-state index contributed by atoms with van der Waals surface area (Å²) in [6, 6.07) is 4.83. The van der Waals surface area contributed by atoms with Crippen LogP contribution in [0.3, 0.4) is 0 Å². The number of hydrogen-bond donors (Lipinski definition) is 2. The van der Waals surface area contributed by atoms with Gasteiger partial charge in [0.15, 0.2) is 11.5 Å². The van der Waals surface area contributed by atoms with Crippen LogP contribution in [0.25, 0.3) is 0 Å². The normalized spacial score (nSPS) is 10.4. The Labute approximate surface area is 93.7 Å². The molecular weight excluding hydrogens is 208 g/mol. The maximum atomic E-state index is 10.6. The Morgan fingerprint density at radius 1 is 1.62 bits per heavy atom. The van der Waals surface area contributed by atoms with E-state index in [-0.39, 0.29) is 11.7 Å². The molecule has 0 fully saturated rings. The van der Waals surface area contributed by atoms with Crippen molar-refractivity contribution in [3.63, 3.8) is 0 Å². The molecule has 0 aliphatic carbocycles. The van der Waals surface area contributed by atoms with Crippen LogP contribution in [0, 0.1) is 0 Å². The first kappa shape index (κ1) is 12.0. The molecule has 1 rings (SSSR count). The summed E-state index contributed by atoms with van der Waals surface area (Å²) < 4.78 is 5.21. The average Bonchev–Trinajstić information content (AvgIpc) is 2.22. The maximum absolute atomic E-state index is 10.6. The fourth-order valence-corrected chi connectivity index (χ4v) is 1.08. The summed E-state index contributed by atoms with van der Waals surface area (Å²) in [6.07, 6.45) is 1.48. The molecule has 5 heteroatoms. The summed E-state index contributed by atoms with van der Waals surface area (Å²) in [5.41, 5.74) is 3.02. The van der Waals surface area contributed by atoms with Crippen molar-refractivity contribution in [1.82, 2.24) is 5.43 Å². The minimum absolute atomic E-state index is 0.0820. The van der Waals surface area contributed by atoms with E-state index in [0.717, 1.165) is 5.56 Å². The zero-order valence-corrected chi connectivity index (χ0v) is 9.23. The van der Waals surface area contributed by atoms with E-state index in [4.69, 9.17) is 4.74 Å². The monoisotopic (exact) mass is 222 g/mol. The average molecular weight is 222 g/mol. The highest BCUT2D eigenvalue weighted by Gasteiger charge is 2.01. The predicted octanol–water partition coefficient (Wildman–Crippen LogP) is 1.26. The first-order chi connectivity index (χ1) is 7.63. The van der Waals surface area contributed by atoms with E-state index in [1.54, 1.807) is 12.1 Å². The van der Waals surface area contributed by atoms with Gasteiger partial charge in [-0.1, -0.05) is 0 Å². The van der Waals surface area contributed by atoms with E-state index in [1.807, 2.05) is 6.92 Å². The number of amides is 1. The predicted molar refractivity (Wildman–Crippen MR) is 60.7 cm³/mol. The van der Waals surface area contributed by atoms with Gasteiger partial charge >= 0.3 is 0 Å². The van der Waals surface area contributed by atoms with E-state index in [2.05, 4.69) is 10.5 Å². The third-order valence-corrected chi connectivity index (χ3v) is 1.72. The smallest absolute Gasteiger partial charge is 0.236 e. The molecule has 0 saturated heterocycles. The van der Waals surface area contributed by atoms with E-state index >= 15 is 0 Å². The molecule has 1 aromatic carbocycles. The number of rotatable bonds is 4. The molecule has 1 aromatic rings.